The molecule has 3 heterocycles. The summed E-state index contributed by atoms with van der Waals surface area (Å²) >= 11 is 7.95. The summed E-state index contributed by atoms with van der Waals surface area (Å²) < 4.78 is 5.35. The first kappa shape index (κ1) is 20.2. The van der Waals surface area contributed by atoms with Crippen molar-refractivity contribution < 1.29 is 9.53 Å². The molecule has 0 saturated carbocycles. The number of nitrogens with one attached hydrogen (secondary N) is 1. The fourth-order valence-corrected chi connectivity index (χ4v) is 5.46. The lowest BCUT2D eigenvalue weighted by Gasteiger charge is -2.42. The Kier molecular flexibility index (Phi) is 5.47. The number of ether oxygens (including phenoxy) is 1. The summed E-state index contributed by atoms with van der Waals surface area (Å²) in [6.45, 7) is 1.40. The van der Waals surface area contributed by atoms with Gasteiger partial charge in [-0.3, -0.25) is 4.79 Å². The quantitative estimate of drug-likeness (QED) is 0.545. The van der Waals surface area contributed by atoms with E-state index in [2.05, 4.69) is 17.4 Å². The zero-order valence-corrected chi connectivity index (χ0v) is 18.8. The van der Waals surface area contributed by atoms with Crippen LogP contribution in [-0.2, 0) is 11.2 Å². The molecule has 0 spiro atoms. The van der Waals surface area contributed by atoms with Gasteiger partial charge in [-0.05, 0) is 64.9 Å². The van der Waals surface area contributed by atoms with Gasteiger partial charge >= 0.3 is 0 Å². The molecule has 6 heteroatoms. The van der Waals surface area contributed by atoms with Crippen LogP contribution < -0.4 is 10.1 Å². The van der Waals surface area contributed by atoms with Crippen molar-refractivity contribution >= 4 is 40.1 Å². The van der Waals surface area contributed by atoms with Gasteiger partial charge in [-0.1, -0.05) is 29.8 Å². The number of carbonyl (C=O) groups is 1. The summed E-state index contributed by atoms with van der Waals surface area (Å²) in [5.74, 6) is 0.968. The smallest absolute Gasteiger partial charge is 0.228 e. The monoisotopic (exact) mass is 450 g/mol. The number of benzene rings is 2. The number of methoxy groups -OCH3 is 1. The second kappa shape index (κ2) is 8.40. The van der Waals surface area contributed by atoms with E-state index in [1.165, 1.54) is 11.1 Å². The topological polar surface area (TPSA) is 41.6 Å². The maximum atomic E-state index is 13.4. The molecular weight excluding hydrogens is 428 g/mol. The van der Waals surface area contributed by atoms with E-state index in [4.69, 9.17) is 16.3 Å². The van der Waals surface area contributed by atoms with E-state index in [-0.39, 0.29) is 11.9 Å². The molecule has 0 aliphatic carbocycles. The Morgan fingerprint density at radius 2 is 2.06 bits per heavy atom. The minimum Gasteiger partial charge on any atom is -0.497 e. The number of hydrogen-bond acceptors (Lipinski definition) is 4. The second-order valence-corrected chi connectivity index (χ2v) is 9.28. The fraction of sp³-hybridized carbons (Fsp3) is 0.240. The van der Waals surface area contributed by atoms with E-state index >= 15 is 0 Å². The number of carbonyl (C=O) groups excluding carboxylic acids is 1. The summed E-state index contributed by atoms with van der Waals surface area (Å²) in [5.41, 5.74) is 5.90. The third-order valence-electron chi connectivity index (χ3n) is 6.07. The van der Waals surface area contributed by atoms with Crippen molar-refractivity contribution in [3.63, 3.8) is 0 Å². The highest BCUT2D eigenvalue weighted by Crippen LogP contribution is 2.45. The van der Waals surface area contributed by atoms with Gasteiger partial charge in [0.15, 0.2) is 0 Å². The summed E-state index contributed by atoms with van der Waals surface area (Å²) in [4.78, 5) is 16.5. The average Bonchev–Trinajstić information content (AvgIpc) is 3.31. The van der Waals surface area contributed by atoms with Crippen LogP contribution in [0, 0.1) is 0 Å². The zero-order chi connectivity index (χ0) is 21.4. The average molecular weight is 451 g/mol. The molecule has 2 aromatic carbocycles. The number of hydrogen-bond donors (Lipinski definition) is 1. The summed E-state index contributed by atoms with van der Waals surface area (Å²) in [7, 11) is 1.67. The lowest BCUT2D eigenvalue weighted by atomic mass is 9.82. The van der Waals surface area contributed by atoms with Gasteiger partial charge in [0.2, 0.25) is 5.91 Å². The maximum Gasteiger partial charge on any atom is 0.228 e. The second-order valence-electron chi connectivity index (χ2n) is 7.82. The molecule has 3 aromatic rings. The minimum atomic E-state index is -0.109. The van der Waals surface area contributed by atoms with Crippen LogP contribution in [0.5, 0.6) is 5.75 Å². The molecule has 31 heavy (non-hydrogen) atoms. The SMILES string of the molecule is COc1ccc(C2C3=C(CCN2C(=O)Cc2cccs2)c2cc(Cl)ccc2NC3)cc1. The van der Waals surface area contributed by atoms with Gasteiger partial charge in [-0.15, -0.1) is 11.3 Å². The molecule has 1 aromatic heterocycles. The molecule has 2 aliphatic rings. The number of fused-ring (bicyclic) bond motifs is 2. The predicted molar refractivity (Wildman–Crippen MR) is 127 cm³/mol. The Morgan fingerprint density at radius 3 is 2.81 bits per heavy atom. The summed E-state index contributed by atoms with van der Waals surface area (Å²) in [6.07, 6.45) is 1.26. The standard InChI is InChI=1S/C25H23ClN2O2S/c1-30-18-7-4-16(5-8-18)25-22-15-27-23-9-6-17(26)13-21(23)20(22)10-11-28(25)24(29)14-19-3-2-12-31-19/h2-9,12-13,25,27H,10-11,14-15H2,1H3. The van der Waals surface area contributed by atoms with Gasteiger partial charge in [0.1, 0.15) is 5.75 Å². The Balaban J connectivity index is 1.58. The van der Waals surface area contributed by atoms with Crippen molar-refractivity contribution in [3.05, 3.63) is 86.6 Å². The Bertz CT molecular complexity index is 1140. The maximum absolute atomic E-state index is 13.4. The van der Waals surface area contributed by atoms with Crippen LogP contribution in [0.4, 0.5) is 5.69 Å². The third kappa shape index (κ3) is 3.84. The normalized spacial score (nSPS) is 17.6. The first-order valence-electron chi connectivity index (χ1n) is 10.4. The van der Waals surface area contributed by atoms with E-state index in [1.807, 2.05) is 52.7 Å². The molecule has 0 saturated heterocycles. The van der Waals surface area contributed by atoms with Crippen LogP contribution in [0.15, 0.2) is 65.6 Å². The predicted octanol–water partition coefficient (Wildman–Crippen LogP) is 5.81. The van der Waals surface area contributed by atoms with Crippen LogP contribution in [0.3, 0.4) is 0 Å². The van der Waals surface area contributed by atoms with Gasteiger partial charge in [-0.2, -0.15) is 0 Å². The number of nitrogens with zero attached hydrogens (tertiary/aromatic N) is 1. The van der Waals surface area contributed by atoms with E-state index in [0.717, 1.165) is 38.9 Å². The number of anilines is 1. The van der Waals surface area contributed by atoms with E-state index in [0.29, 0.717) is 19.5 Å². The summed E-state index contributed by atoms with van der Waals surface area (Å²) in [6, 6.07) is 18.0. The Labute approximate surface area is 191 Å². The van der Waals surface area contributed by atoms with Gasteiger partial charge in [0, 0.05) is 34.2 Å². The van der Waals surface area contributed by atoms with Crippen LogP contribution in [-0.4, -0.2) is 31.0 Å². The first-order chi connectivity index (χ1) is 15.1. The molecule has 1 atom stereocenters. The number of amides is 1. The van der Waals surface area contributed by atoms with Crippen molar-refractivity contribution in [2.24, 2.45) is 0 Å². The minimum absolute atomic E-state index is 0.109. The van der Waals surface area contributed by atoms with E-state index < -0.39 is 0 Å². The van der Waals surface area contributed by atoms with Crippen molar-refractivity contribution in [2.45, 2.75) is 18.9 Å². The highest BCUT2D eigenvalue weighted by molar-refractivity contribution is 7.10. The molecule has 0 fully saturated rings. The van der Waals surface area contributed by atoms with Gasteiger partial charge < -0.3 is 15.0 Å². The summed E-state index contributed by atoms with van der Waals surface area (Å²) in [5, 5.41) is 6.29. The third-order valence-corrected chi connectivity index (χ3v) is 7.18. The zero-order valence-electron chi connectivity index (χ0n) is 17.2. The molecule has 4 nitrogen and oxygen atoms in total. The van der Waals surface area contributed by atoms with Gasteiger partial charge in [0.05, 0.1) is 19.6 Å². The molecule has 158 valence electrons. The van der Waals surface area contributed by atoms with Crippen LogP contribution >= 0.6 is 22.9 Å². The Morgan fingerprint density at radius 1 is 1.23 bits per heavy atom. The Hall–Kier alpha value is -2.76. The number of rotatable bonds is 4. The van der Waals surface area contributed by atoms with Crippen molar-refractivity contribution in [1.29, 1.82) is 0 Å². The van der Waals surface area contributed by atoms with E-state index in [9.17, 15) is 4.79 Å². The highest BCUT2D eigenvalue weighted by Gasteiger charge is 2.36. The van der Waals surface area contributed by atoms with Crippen LogP contribution in [0.2, 0.25) is 5.02 Å². The fourth-order valence-electron chi connectivity index (χ4n) is 4.60. The number of thiophene rings is 1. The van der Waals surface area contributed by atoms with Crippen molar-refractivity contribution in [1.82, 2.24) is 4.90 Å². The van der Waals surface area contributed by atoms with Crippen LogP contribution in [0.1, 0.15) is 28.5 Å². The largest absolute Gasteiger partial charge is 0.497 e. The number of halogens is 1. The van der Waals surface area contributed by atoms with E-state index in [1.54, 1.807) is 18.4 Å². The lowest BCUT2D eigenvalue weighted by molar-refractivity contribution is -0.132. The van der Waals surface area contributed by atoms with Crippen molar-refractivity contribution in [2.75, 3.05) is 25.5 Å². The van der Waals surface area contributed by atoms with Gasteiger partial charge in [-0.25, -0.2) is 0 Å². The van der Waals surface area contributed by atoms with Gasteiger partial charge in [0.25, 0.3) is 0 Å². The lowest BCUT2D eigenvalue weighted by Crippen LogP contribution is -2.42. The molecule has 0 radical (unpaired) electrons. The van der Waals surface area contributed by atoms with Crippen LogP contribution in [0.25, 0.3) is 5.57 Å². The molecule has 1 N–H and O–H groups in total. The molecule has 1 unspecified atom stereocenters. The molecule has 2 aliphatic heterocycles. The molecule has 1 amide bonds. The highest BCUT2D eigenvalue weighted by atomic mass is 35.5. The van der Waals surface area contributed by atoms with Crippen molar-refractivity contribution in [3.8, 4) is 5.75 Å². The molecule has 0 bridgehead atoms. The first-order valence-corrected chi connectivity index (χ1v) is 11.6. The molecular formula is C25H23ClN2O2S. The molecule has 5 rings (SSSR count).